The van der Waals surface area contributed by atoms with Crippen molar-refractivity contribution < 1.29 is 9.53 Å². The highest BCUT2D eigenvalue weighted by molar-refractivity contribution is 5.99. The maximum atomic E-state index is 13.3. The van der Waals surface area contributed by atoms with Crippen molar-refractivity contribution in [2.75, 3.05) is 6.61 Å². The zero-order valence-electron chi connectivity index (χ0n) is 16.3. The number of benzene rings is 1. The number of fused-ring (bicyclic) bond motifs is 1. The van der Waals surface area contributed by atoms with E-state index >= 15 is 0 Å². The number of carbonyl (C=O) groups is 1. The van der Waals surface area contributed by atoms with Gasteiger partial charge < -0.3 is 9.30 Å². The SMILES string of the molecule is CCCOc1ccc(C(=O)C(CC)Cn2cncc2C)c2c1CCCC2. The predicted molar refractivity (Wildman–Crippen MR) is 104 cm³/mol. The zero-order chi connectivity index (χ0) is 18.5. The number of aromatic nitrogens is 2. The molecule has 1 atom stereocenters. The first-order chi connectivity index (χ1) is 12.7. The second-order valence-electron chi connectivity index (χ2n) is 7.28. The minimum absolute atomic E-state index is 0.0173. The fourth-order valence-electron chi connectivity index (χ4n) is 3.85. The Morgan fingerprint density at radius 2 is 2.00 bits per heavy atom. The van der Waals surface area contributed by atoms with E-state index in [9.17, 15) is 4.79 Å². The molecule has 1 heterocycles. The standard InChI is InChI=1S/C22H30N2O2/c1-4-12-26-21-11-10-20(18-8-6-7-9-19(18)21)22(25)17(5-2)14-24-15-23-13-16(24)3/h10-11,13,15,17H,4-9,12,14H2,1-3H3. The second kappa shape index (κ2) is 8.52. The topological polar surface area (TPSA) is 44.1 Å². The Morgan fingerprint density at radius 3 is 2.65 bits per heavy atom. The fourth-order valence-corrected chi connectivity index (χ4v) is 3.85. The number of aryl methyl sites for hydroxylation is 1. The lowest BCUT2D eigenvalue weighted by Gasteiger charge is -2.24. The molecule has 1 aliphatic rings. The number of carbonyl (C=O) groups excluding carboxylic acids is 1. The predicted octanol–water partition coefficient (Wildman–Crippen LogP) is 4.77. The smallest absolute Gasteiger partial charge is 0.168 e. The largest absolute Gasteiger partial charge is 0.493 e. The summed E-state index contributed by atoms with van der Waals surface area (Å²) in [6.45, 7) is 7.68. The molecule has 140 valence electrons. The summed E-state index contributed by atoms with van der Waals surface area (Å²) >= 11 is 0. The molecule has 0 saturated heterocycles. The number of hydrogen-bond acceptors (Lipinski definition) is 3. The van der Waals surface area contributed by atoms with Gasteiger partial charge in [-0.3, -0.25) is 4.79 Å². The van der Waals surface area contributed by atoms with Gasteiger partial charge in [0.05, 0.1) is 12.9 Å². The maximum Gasteiger partial charge on any atom is 0.168 e. The molecule has 0 saturated carbocycles. The number of rotatable bonds is 8. The lowest BCUT2D eigenvalue weighted by Crippen LogP contribution is -2.23. The third-order valence-corrected chi connectivity index (χ3v) is 5.42. The molecule has 4 heteroatoms. The van der Waals surface area contributed by atoms with E-state index < -0.39 is 0 Å². The molecule has 0 amide bonds. The van der Waals surface area contributed by atoms with E-state index in [2.05, 4.69) is 23.4 Å². The van der Waals surface area contributed by atoms with Gasteiger partial charge in [-0.1, -0.05) is 13.8 Å². The number of nitrogens with zero attached hydrogens (tertiary/aromatic N) is 2. The molecule has 0 bridgehead atoms. The molecule has 0 aliphatic heterocycles. The van der Waals surface area contributed by atoms with Crippen molar-refractivity contribution in [1.29, 1.82) is 0 Å². The quantitative estimate of drug-likeness (QED) is 0.642. The Labute approximate surface area is 156 Å². The van der Waals surface area contributed by atoms with Crippen molar-refractivity contribution >= 4 is 5.78 Å². The molecular weight excluding hydrogens is 324 g/mol. The molecule has 0 radical (unpaired) electrons. The normalized spacial score (nSPS) is 14.7. The van der Waals surface area contributed by atoms with E-state index in [-0.39, 0.29) is 11.7 Å². The molecular formula is C22H30N2O2. The van der Waals surface area contributed by atoms with Gasteiger partial charge in [0.15, 0.2) is 5.78 Å². The van der Waals surface area contributed by atoms with Gasteiger partial charge in [-0.15, -0.1) is 0 Å². The molecule has 1 aliphatic carbocycles. The Balaban J connectivity index is 1.89. The summed E-state index contributed by atoms with van der Waals surface area (Å²) in [4.78, 5) is 17.5. The number of ether oxygens (including phenoxy) is 1. The first-order valence-corrected chi connectivity index (χ1v) is 9.94. The summed E-state index contributed by atoms with van der Waals surface area (Å²) in [7, 11) is 0. The molecule has 1 aromatic carbocycles. The van der Waals surface area contributed by atoms with E-state index in [1.165, 1.54) is 17.5 Å². The van der Waals surface area contributed by atoms with Crippen molar-refractivity contribution in [1.82, 2.24) is 9.55 Å². The highest BCUT2D eigenvalue weighted by Crippen LogP contribution is 2.34. The Morgan fingerprint density at radius 1 is 1.23 bits per heavy atom. The summed E-state index contributed by atoms with van der Waals surface area (Å²) < 4.78 is 8.03. The van der Waals surface area contributed by atoms with Gasteiger partial charge in [-0.25, -0.2) is 4.98 Å². The molecule has 1 aromatic heterocycles. The van der Waals surface area contributed by atoms with Crippen LogP contribution in [-0.4, -0.2) is 21.9 Å². The van der Waals surface area contributed by atoms with Gasteiger partial charge in [-0.2, -0.15) is 0 Å². The number of Topliss-reactive ketones (excluding diaryl/α,β-unsaturated/α-hetero) is 1. The summed E-state index contributed by atoms with van der Waals surface area (Å²) in [6.07, 6.45) is 9.84. The molecule has 4 nitrogen and oxygen atoms in total. The first kappa shape index (κ1) is 18.7. The van der Waals surface area contributed by atoms with Crippen LogP contribution in [0, 0.1) is 12.8 Å². The van der Waals surface area contributed by atoms with E-state index in [0.29, 0.717) is 6.54 Å². The Kier molecular flexibility index (Phi) is 6.12. The third-order valence-electron chi connectivity index (χ3n) is 5.42. The molecule has 26 heavy (non-hydrogen) atoms. The minimum Gasteiger partial charge on any atom is -0.493 e. The fraction of sp³-hybridized carbons (Fsp3) is 0.545. The van der Waals surface area contributed by atoms with Gasteiger partial charge >= 0.3 is 0 Å². The number of imidazole rings is 1. The molecule has 3 rings (SSSR count). The van der Waals surface area contributed by atoms with Crippen LogP contribution in [0.15, 0.2) is 24.7 Å². The summed E-state index contributed by atoms with van der Waals surface area (Å²) in [5.74, 6) is 1.23. The maximum absolute atomic E-state index is 13.3. The van der Waals surface area contributed by atoms with Crippen LogP contribution in [-0.2, 0) is 19.4 Å². The number of ketones is 1. The van der Waals surface area contributed by atoms with Crippen LogP contribution >= 0.6 is 0 Å². The van der Waals surface area contributed by atoms with Crippen LogP contribution in [0.2, 0.25) is 0 Å². The third kappa shape index (κ3) is 3.84. The summed E-state index contributed by atoms with van der Waals surface area (Å²) in [6, 6.07) is 4.02. The first-order valence-electron chi connectivity index (χ1n) is 9.94. The van der Waals surface area contributed by atoms with Gasteiger partial charge in [0.1, 0.15) is 5.75 Å². The highest BCUT2D eigenvalue weighted by Gasteiger charge is 2.26. The van der Waals surface area contributed by atoms with Gasteiger partial charge in [0.25, 0.3) is 0 Å². The van der Waals surface area contributed by atoms with Crippen molar-refractivity contribution in [3.8, 4) is 5.75 Å². The lowest BCUT2D eigenvalue weighted by atomic mass is 9.83. The van der Waals surface area contributed by atoms with Crippen LogP contribution in [0.3, 0.4) is 0 Å². The van der Waals surface area contributed by atoms with Gasteiger partial charge in [-0.05, 0) is 68.7 Å². The molecule has 0 spiro atoms. The van der Waals surface area contributed by atoms with Gasteiger partial charge in [0, 0.05) is 29.9 Å². The molecule has 0 N–H and O–H groups in total. The average Bonchev–Trinajstić information content (AvgIpc) is 3.08. The van der Waals surface area contributed by atoms with Crippen molar-refractivity contribution in [2.45, 2.75) is 65.8 Å². The molecule has 0 fully saturated rings. The second-order valence-corrected chi connectivity index (χ2v) is 7.28. The van der Waals surface area contributed by atoms with Crippen LogP contribution in [0.25, 0.3) is 0 Å². The highest BCUT2D eigenvalue weighted by atomic mass is 16.5. The van der Waals surface area contributed by atoms with Crippen molar-refractivity contribution in [2.24, 2.45) is 5.92 Å². The van der Waals surface area contributed by atoms with E-state index in [0.717, 1.165) is 55.7 Å². The van der Waals surface area contributed by atoms with Gasteiger partial charge in [0.2, 0.25) is 0 Å². The van der Waals surface area contributed by atoms with Crippen LogP contribution in [0.1, 0.15) is 66.7 Å². The van der Waals surface area contributed by atoms with Crippen molar-refractivity contribution in [3.63, 3.8) is 0 Å². The molecule has 2 aromatic rings. The van der Waals surface area contributed by atoms with Crippen molar-refractivity contribution in [3.05, 3.63) is 47.0 Å². The lowest BCUT2D eigenvalue weighted by molar-refractivity contribution is 0.0901. The van der Waals surface area contributed by atoms with E-state index in [1.54, 1.807) is 0 Å². The zero-order valence-corrected chi connectivity index (χ0v) is 16.3. The monoisotopic (exact) mass is 354 g/mol. The van der Waals surface area contributed by atoms with E-state index in [4.69, 9.17) is 4.74 Å². The summed E-state index contributed by atoms with van der Waals surface area (Å²) in [5.41, 5.74) is 4.51. The number of hydrogen-bond donors (Lipinski definition) is 0. The Hall–Kier alpha value is -2.10. The van der Waals surface area contributed by atoms with Crippen LogP contribution in [0.4, 0.5) is 0 Å². The summed E-state index contributed by atoms with van der Waals surface area (Å²) in [5, 5.41) is 0. The van der Waals surface area contributed by atoms with Crippen LogP contribution in [0.5, 0.6) is 5.75 Å². The average molecular weight is 354 g/mol. The Bertz CT molecular complexity index is 763. The minimum atomic E-state index is -0.0173. The van der Waals surface area contributed by atoms with Crippen LogP contribution < -0.4 is 4.74 Å². The van der Waals surface area contributed by atoms with E-state index in [1.807, 2.05) is 31.6 Å². The molecule has 1 unspecified atom stereocenters.